The standard InChI is InChI=1S/C13H25N5/c1-6-7-18(9-8-17(4)5)13-10-12(14-3)15-11(2)16-13/h10H,6-9H2,1-5H3,(H,14,15,16). The Hall–Kier alpha value is -1.36. The van der Waals surface area contributed by atoms with Gasteiger partial charge in [0.05, 0.1) is 0 Å². The number of hydrogen-bond donors (Lipinski definition) is 1. The van der Waals surface area contributed by atoms with Gasteiger partial charge in [-0.15, -0.1) is 0 Å². The van der Waals surface area contributed by atoms with Crippen molar-refractivity contribution in [1.29, 1.82) is 0 Å². The molecule has 0 spiro atoms. The molecule has 5 nitrogen and oxygen atoms in total. The minimum absolute atomic E-state index is 0.808. The first-order valence-electron chi connectivity index (χ1n) is 6.50. The molecule has 1 heterocycles. The first kappa shape index (κ1) is 14.7. The Balaban J connectivity index is 2.86. The number of nitrogens with one attached hydrogen (secondary N) is 1. The van der Waals surface area contributed by atoms with Gasteiger partial charge in [-0.25, -0.2) is 9.97 Å². The van der Waals surface area contributed by atoms with Gasteiger partial charge < -0.3 is 15.1 Å². The van der Waals surface area contributed by atoms with Crippen molar-refractivity contribution in [2.24, 2.45) is 0 Å². The lowest BCUT2D eigenvalue weighted by Crippen LogP contribution is -2.33. The summed E-state index contributed by atoms with van der Waals surface area (Å²) in [5.74, 6) is 2.70. The van der Waals surface area contributed by atoms with E-state index in [-0.39, 0.29) is 0 Å². The van der Waals surface area contributed by atoms with E-state index in [1.54, 1.807) is 0 Å². The lowest BCUT2D eigenvalue weighted by Gasteiger charge is -2.25. The molecule has 102 valence electrons. The van der Waals surface area contributed by atoms with Gasteiger partial charge in [0, 0.05) is 32.7 Å². The van der Waals surface area contributed by atoms with Crippen LogP contribution in [0.15, 0.2) is 6.07 Å². The van der Waals surface area contributed by atoms with Crippen LogP contribution in [0.25, 0.3) is 0 Å². The zero-order chi connectivity index (χ0) is 13.5. The summed E-state index contributed by atoms with van der Waals surface area (Å²) in [6.07, 6.45) is 1.12. The number of hydrogen-bond acceptors (Lipinski definition) is 5. The molecule has 0 atom stereocenters. The summed E-state index contributed by atoms with van der Waals surface area (Å²) in [5.41, 5.74) is 0. The monoisotopic (exact) mass is 251 g/mol. The van der Waals surface area contributed by atoms with Crippen molar-refractivity contribution in [2.45, 2.75) is 20.3 Å². The van der Waals surface area contributed by atoms with Crippen molar-refractivity contribution >= 4 is 11.6 Å². The molecular formula is C13H25N5. The molecule has 0 unspecified atom stereocenters. The van der Waals surface area contributed by atoms with Crippen LogP contribution in [0.2, 0.25) is 0 Å². The SMILES string of the molecule is CCCN(CCN(C)C)c1cc(NC)nc(C)n1. The lowest BCUT2D eigenvalue weighted by molar-refractivity contribution is 0.412. The van der Waals surface area contributed by atoms with Gasteiger partial charge in [-0.05, 0) is 27.4 Å². The minimum Gasteiger partial charge on any atom is -0.373 e. The van der Waals surface area contributed by atoms with E-state index in [2.05, 4.69) is 46.1 Å². The fraction of sp³-hybridized carbons (Fsp3) is 0.692. The highest BCUT2D eigenvalue weighted by Crippen LogP contribution is 2.15. The summed E-state index contributed by atoms with van der Waals surface area (Å²) in [6.45, 7) is 7.15. The fourth-order valence-corrected chi connectivity index (χ4v) is 1.77. The van der Waals surface area contributed by atoms with Crippen LogP contribution in [0.4, 0.5) is 11.6 Å². The molecular weight excluding hydrogens is 226 g/mol. The van der Waals surface area contributed by atoms with E-state index >= 15 is 0 Å². The van der Waals surface area contributed by atoms with Gasteiger partial charge in [-0.2, -0.15) is 0 Å². The van der Waals surface area contributed by atoms with Crippen molar-refractivity contribution in [3.8, 4) is 0 Å². The smallest absolute Gasteiger partial charge is 0.134 e. The fourth-order valence-electron chi connectivity index (χ4n) is 1.77. The molecule has 0 saturated heterocycles. The Morgan fingerprint density at radius 3 is 2.44 bits per heavy atom. The molecule has 5 heteroatoms. The van der Waals surface area contributed by atoms with Gasteiger partial charge in [-0.1, -0.05) is 6.92 Å². The second-order valence-electron chi connectivity index (χ2n) is 4.70. The molecule has 0 aliphatic carbocycles. The van der Waals surface area contributed by atoms with Gasteiger partial charge in [-0.3, -0.25) is 0 Å². The molecule has 1 aromatic heterocycles. The second kappa shape index (κ2) is 7.16. The molecule has 0 aliphatic heterocycles. The number of anilines is 2. The van der Waals surface area contributed by atoms with E-state index < -0.39 is 0 Å². The zero-order valence-corrected chi connectivity index (χ0v) is 12.2. The van der Waals surface area contributed by atoms with Crippen molar-refractivity contribution in [3.63, 3.8) is 0 Å². The summed E-state index contributed by atoms with van der Waals surface area (Å²) in [5, 5.41) is 3.08. The molecule has 0 saturated carbocycles. The predicted molar refractivity (Wildman–Crippen MR) is 77.4 cm³/mol. The van der Waals surface area contributed by atoms with Gasteiger partial charge in [0.25, 0.3) is 0 Å². The molecule has 0 fully saturated rings. The summed E-state index contributed by atoms with van der Waals surface area (Å²) in [6, 6.07) is 2.01. The summed E-state index contributed by atoms with van der Waals surface area (Å²) < 4.78 is 0. The highest BCUT2D eigenvalue weighted by atomic mass is 15.2. The molecule has 1 rings (SSSR count). The first-order valence-corrected chi connectivity index (χ1v) is 6.50. The Kier molecular flexibility index (Phi) is 5.85. The van der Waals surface area contributed by atoms with Crippen LogP contribution in [-0.2, 0) is 0 Å². The van der Waals surface area contributed by atoms with Gasteiger partial charge in [0.15, 0.2) is 0 Å². The molecule has 0 bridgehead atoms. The highest BCUT2D eigenvalue weighted by molar-refractivity contribution is 5.49. The number of rotatable bonds is 7. The van der Waals surface area contributed by atoms with Crippen molar-refractivity contribution in [2.75, 3.05) is 51.0 Å². The predicted octanol–water partition coefficient (Wildman–Crippen LogP) is 1.60. The maximum atomic E-state index is 4.53. The second-order valence-corrected chi connectivity index (χ2v) is 4.70. The van der Waals surface area contributed by atoms with Crippen molar-refractivity contribution in [3.05, 3.63) is 11.9 Å². The Bertz CT molecular complexity index is 364. The van der Waals surface area contributed by atoms with Crippen LogP contribution in [0.3, 0.4) is 0 Å². The molecule has 18 heavy (non-hydrogen) atoms. The summed E-state index contributed by atoms with van der Waals surface area (Å²) in [4.78, 5) is 13.4. The van der Waals surface area contributed by atoms with Crippen LogP contribution in [-0.4, -0.2) is 55.6 Å². The summed E-state index contributed by atoms with van der Waals surface area (Å²) in [7, 11) is 6.07. The number of likely N-dealkylation sites (N-methyl/N-ethyl adjacent to an activating group) is 1. The first-order chi connectivity index (χ1) is 8.56. The maximum Gasteiger partial charge on any atom is 0.134 e. The molecule has 0 radical (unpaired) electrons. The molecule has 0 aliphatic rings. The average molecular weight is 251 g/mol. The van der Waals surface area contributed by atoms with E-state index in [4.69, 9.17) is 0 Å². The average Bonchev–Trinajstić information content (AvgIpc) is 2.33. The largest absolute Gasteiger partial charge is 0.373 e. The normalized spacial score (nSPS) is 10.8. The lowest BCUT2D eigenvalue weighted by atomic mass is 10.3. The third-order valence-electron chi connectivity index (χ3n) is 2.72. The number of aromatic nitrogens is 2. The van der Waals surface area contributed by atoms with E-state index in [1.165, 1.54) is 0 Å². The van der Waals surface area contributed by atoms with Crippen molar-refractivity contribution < 1.29 is 0 Å². The van der Waals surface area contributed by atoms with Crippen LogP contribution in [0.1, 0.15) is 19.2 Å². The molecule has 1 aromatic rings. The minimum atomic E-state index is 0.808. The van der Waals surface area contributed by atoms with Crippen LogP contribution >= 0.6 is 0 Å². The van der Waals surface area contributed by atoms with Crippen LogP contribution in [0, 0.1) is 6.92 Å². The van der Waals surface area contributed by atoms with E-state index in [9.17, 15) is 0 Å². The van der Waals surface area contributed by atoms with Crippen LogP contribution < -0.4 is 10.2 Å². The quantitative estimate of drug-likeness (QED) is 0.797. The molecule has 1 N–H and O–H groups in total. The van der Waals surface area contributed by atoms with E-state index in [1.807, 2.05) is 20.0 Å². The Morgan fingerprint density at radius 2 is 1.89 bits per heavy atom. The van der Waals surface area contributed by atoms with Gasteiger partial charge >= 0.3 is 0 Å². The molecule has 0 amide bonds. The zero-order valence-electron chi connectivity index (χ0n) is 12.2. The summed E-state index contributed by atoms with van der Waals surface area (Å²) >= 11 is 0. The van der Waals surface area contributed by atoms with E-state index in [0.717, 1.165) is 43.5 Å². The maximum absolute atomic E-state index is 4.53. The van der Waals surface area contributed by atoms with Crippen LogP contribution in [0.5, 0.6) is 0 Å². The highest BCUT2D eigenvalue weighted by Gasteiger charge is 2.09. The number of nitrogens with zero attached hydrogens (tertiary/aromatic N) is 4. The third-order valence-corrected chi connectivity index (χ3v) is 2.72. The Morgan fingerprint density at radius 1 is 1.17 bits per heavy atom. The Labute approximate surface area is 110 Å². The topological polar surface area (TPSA) is 44.3 Å². The third kappa shape index (κ3) is 4.49. The molecule has 0 aromatic carbocycles. The van der Waals surface area contributed by atoms with E-state index in [0.29, 0.717) is 0 Å². The van der Waals surface area contributed by atoms with Crippen molar-refractivity contribution in [1.82, 2.24) is 14.9 Å². The number of aryl methyl sites for hydroxylation is 1. The van der Waals surface area contributed by atoms with Gasteiger partial charge in [0.2, 0.25) is 0 Å². The van der Waals surface area contributed by atoms with Gasteiger partial charge in [0.1, 0.15) is 17.5 Å².